The number of hydrogen-bond acceptors (Lipinski definition) is 8. The first-order valence-corrected chi connectivity index (χ1v) is 14.2. The van der Waals surface area contributed by atoms with Gasteiger partial charge in [-0.15, -0.1) is 11.3 Å². The minimum atomic E-state index is -4.02. The van der Waals surface area contributed by atoms with Crippen LogP contribution in [0, 0.1) is 0 Å². The molecule has 1 aliphatic rings. The molecule has 2 heterocycles. The van der Waals surface area contributed by atoms with Crippen LogP contribution in [0.4, 0.5) is 15.5 Å². The number of halogens is 1. The number of hydrogen-bond donors (Lipinski definition) is 2. The Morgan fingerprint density at radius 2 is 1.82 bits per heavy atom. The number of amides is 2. The second-order valence-electron chi connectivity index (χ2n) is 8.13. The van der Waals surface area contributed by atoms with Crippen LogP contribution < -0.4 is 10.0 Å². The fraction of sp³-hybridized carbons (Fsp3) is 0.240. The van der Waals surface area contributed by atoms with Gasteiger partial charge in [0.25, 0.3) is 15.9 Å². The van der Waals surface area contributed by atoms with E-state index in [-0.39, 0.29) is 39.9 Å². The maximum atomic E-state index is 13.3. The molecule has 2 aromatic carbocycles. The highest BCUT2D eigenvalue weighted by Gasteiger charge is 2.31. The summed E-state index contributed by atoms with van der Waals surface area (Å²) in [6, 6.07) is 11.7. The lowest BCUT2D eigenvalue weighted by molar-refractivity contribution is 0.0600. The lowest BCUT2D eigenvalue weighted by atomic mass is 10.0. The van der Waals surface area contributed by atoms with E-state index in [1.54, 1.807) is 19.1 Å². The Bertz CT molecular complexity index is 1490. The summed E-state index contributed by atoms with van der Waals surface area (Å²) in [6.07, 6.45) is -0.0822. The second-order valence-corrected chi connectivity index (χ2v) is 11.4. The number of anilines is 2. The number of para-hydroxylation sites is 1. The molecule has 0 saturated carbocycles. The van der Waals surface area contributed by atoms with Gasteiger partial charge in [0.15, 0.2) is 0 Å². The van der Waals surface area contributed by atoms with Gasteiger partial charge in [-0.05, 0) is 55.3 Å². The van der Waals surface area contributed by atoms with E-state index >= 15 is 0 Å². The number of methoxy groups -OCH3 is 1. The molecule has 13 heteroatoms. The fourth-order valence-corrected chi connectivity index (χ4v) is 6.39. The molecule has 2 amide bonds. The maximum absolute atomic E-state index is 13.3. The molecular weight excluding hydrogens is 554 g/mol. The van der Waals surface area contributed by atoms with Crippen LogP contribution >= 0.6 is 22.9 Å². The number of ether oxygens (including phenoxy) is 2. The number of carbonyl (C=O) groups excluding carboxylic acids is 3. The van der Waals surface area contributed by atoms with Gasteiger partial charge in [-0.25, -0.2) is 18.0 Å². The van der Waals surface area contributed by atoms with Crippen molar-refractivity contribution < 1.29 is 32.3 Å². The number of fused-ring (bicyclic) bond motifs is 1. The van der Waals surface area contributed by atoms with E-state index in [1.165, 1.54) is 48.4 Å². The maximum Gasteiger partial charge on any atom is 0.410 e. The van der Waals surface area contributed by atoms with E-state index in [2.05, 4.69) is 10.0 Å². The molecule has 1 aromatic heterocycles. The Hall–Kier alpha value is -3.61. The van der Waals surface area contributed by atoms with Crippen molar-refractivity contribution in [2.24, 2.45) is 0 Å². The molecule has 0 fully saturated rings. The molecule has 38 heavy (non-hydrogen) atoms. The Morgan fingerprint density at radius 1 is 1.11 bits per heavy atom. The molecule has 3 aromatic rings. The number of carbonyl (C=O) groups is 3. The van der Waals surface area contributed by atoms with E-state index < -0.39 is 28.0 Å². The summed E-state index contributed by atoms with van der Waals surface area (Å²) in [5, 5.41) is 3.36. The highest BCUT2D eigenvalue weighted by atomic mass is 35.5. The van der Waals surface area contributed by atoms with E-state index in [0.29, 0.717) is 23.6 Å². The lowest BCUT2D eigenvalue weighted by Gasteiger charge is -2.26. The SMILES string of the molecule is CCOC(=O)N1CCc2c(sc(NC(=O)c3ccccc3NS(=O)(=O)c3ccc(Cl)cc3)c2C(=O)OC)C1. The Kier molecular flexibility index (Phi) is 8.24. The van der Waals surface area contributed by atoms with Crippen molar-refractivity contribution in [3.8, 4) is 0 Å². The standard InChI is InChI=1S/C25H24ClN3O7S2/c1-3-36-25(32)29-13-12-18-20(14-29)37-23(21(18)24(31)35-2)27-22(30)17-6-4-5-7-19(17)28-38(33,34)16-10-8-15(26)9-11-16/h4-11,28H,3,12-14H2,1-2H3,(H,27,30). The van der Waals surface area contributed by atoms with E-state index in [9.17, 15) is 22.8 Å². The normalized spacial score (nSPS) is 12.9. The smallest absolute Gasteiger partial charge is 0.410 e. The van der Waals surface area contributed by atoms with Crippen molar-refractivity contribution in [3.05, 3.63) is 75.1 Å². The number of rotatable bonds is 7. The highest BCUT2D eigenvalue weighted by Crippen LogP contribution is 2.38. The first-order valence-electron chi connectivity index (χ1n) is 11.5. The Morgan fingerprint density at radius 3 is 2.50 bits per heavy atom. The third-order valence-corrected chi connectivity index (χ3v) is 8.51. The summed E-state index contributed by atoms with van der Waals surface area (Å²) in [7, 11) is -2.77. The monoisotopic (exact) mass is 577 g/mol. The molecule has 0 spiro atoms. The largest absolute Gasteiger partial charge is 0.465 e. The topological polar surface area (TPSA) is 131 Å². The molecule has 1 aliphatic heterocycles. The summed E-state index contributed by atoms with van der Waals surface area (Å²) in [5.74, 6) is -1.26. The van der Waals surface area contributed by atoms with Gasteiger partial charge in [-0.3, -0.25) is 9.52 Å². The number of thiophene rings is 1. The molecule has 200 valence electrons. The molecule has 0 radical (unpaired) electrons. The summed E-state index contributed by atoms with van der Waals surface area (Å²) in [4.78, 5) is 40.4. The van der Waals surface area contributed by atoms with Crippen LogP contribution in [-0.2, 0) is 32.5 Å². The van der Waals surface area contributed by atoms with Gasteiger partial charge < -0.3 is 19.7 Å². The van der Waals surface area contributed by atoms with Crippen molar-refractivity contribution in [2.75, 3.05) is 30.3 Å². The van der Waals surface area contributed by atoms with Gasteiger partial charge in [-0.2, -0.15) is 0 Å². The molecule has 0 aliphatic carbocycles. The van der Waals surface area contributed by atoms with Gasteiger partial charge in [0.2, 0.25) is 0 Å². The number of sulfonamides is 1. The average molecular weight is 578 g/mol. The molecule has 0 saturated heterocycles. The van der Waals surface area contributed by atoms with Gasteiger partial charge in [-0.1, -0.05) is 23.7 Å². The zero-order valence-electron chi connectivity index (χ0n) is 20.4. The van der Waals surface area contributed by atoms with Crippen LogP contribution in [0.2, 0.25) is 5.02 Å². The number of nitrogens with zero attached hydrogens (tertiary/aromatic N) is 1. The van der Waals surface area contributed by atoms with Crippen LogP contribution in [0.5, 0.6) is 0 Å². The third-order valence-electron chi connectivity index (χ3n) is 5.74. The third kappa shape index (κ3) is 5.77. The lowest BCUT2D eigenvalue weighted by Crippen LogP contribution is -2.36. The zero-order valence-corrected chi connectivity index (χ0v) is 22.8. The summed E-state index contributed by atoms with van der Waals surface area (Å²) in [5.41, 5.74) is 0.993. The molecule has 0 bridgehead atoms. The molecule has 2 N–H and O–H groups in total. The van der Waals surface area contributed by atoms with Crippen molar-refractivity contribution in [1.29, 1.82) is 0 Å². The average Bonchev–Trinajstić information content (AvgIpc) is 3.25. The van der Waals surface area contributed by atoms with E-state index in [0.717, 1.165) is 16.2 Å². The fourth-order valence-electron chi connectivity index (χ4n) is 3.94. The van der Waals surface area contributed by atoms with Crippen molar-refractivity contribution in [3.63, 3.8) is 0 Å². The van der Waals surface area contributed by atoms with Crippen LogP contribution in [0.25, 0.3) is 0 Å². The summed E-state index contributed by atoms with van der Waals surface area (Å²) < 4.78 is 38.3. The van der Waals surface area contributed by atoms with Crippen LogP contribution in [0.15, 0.2) is 53.4 Å². The second kappa shape index (κ2) is 11.4. The number of nitrogens with one attached hydrogen (secondary N) is 2. The van der Waals surface area contributed by atoms with Crippen molar-refractivity contribution in [2.45, 2.75) is 24.8 Å². The van der Waals surface area contributed by atoms with Gasteiger partial charge in [0, 0.05) is 16.4 Å². The quantitative estimate of drug-likeness (QED) is 0.387. The minimum Gasteiger partial charge on any atom is -0.465 e. The molecule has 0 atom stereocenters. The van der Waals surface area contributed by atoms with E-state index in [4.69, 9.17) is 21.1 Å². The molecule has 4 rings (SSSR count). The number of benzene rings is 2. The predicted octanol–water partition coefficient (Wildman–Crippen LogP) is 4.76. The van der Waals surface area contributed by atoms with Gasteiger partial charge in [0.05, 0.1) is 42.0 Å². The Balaban J connectivity index is 1.62. The zero-order chi connectivity index (χ0) is 27.4. The van der Waals surface area contributed by atoms with Gasteiger partial charge >= 0.3 is 12.1 Å². The molecule has 10 nitrogen and oxygen atoms in total. The first-order chi connectivity index (χ1) is 18.1. The summed E-state index contributed by atoms with van der Waals surface area (Å²) in [6.45, 7) is 2.52. The van der Waals surface area contributed by atoms with Gasteiger partial charge in [0.1, 0.15) is 5.00 Å². The van der Waals surface area contributed by atoms with Crippen molar-refractivity contribution >= 4 is 61.6 Å². The predicted molar refractivity (Wildman–Crippen MR) is 143 cm³/mol. The van der Waals surface area contributed by atoms with Crippen LogP contribution in [-0.4, -0.2) is 51.5 Å². The van der Waals surface area contributed by atoms with Crippen molar-refractivity contribution in [1.82, 2.24) is 4.90 Å². The molecular formula is C25H24ClN3O7S2. The van der Waals surface area contributed by atoms with Crippen LogP contribution in [0.1, 0.15) is 38.1 Å². The molecule has 0 unspecified atom stereocenters. The minimum absolute atomic E-state index is 0.0258. The van der Waals surface area contributed by atoms with E-state index in [1.807, 2.05) is 0 Å². The van der Waals surface area contributed by atoms with Crippen LogP contribution in [0.3, 0.4) is 0 Å². The summed E-state index contributed by atoms with van der Waals surface area (Å²) >= 11 is 7.01. The first kappa shape index (κ1) is 27.4. The highest BCUT2D eigenvalue weighted by molar-refractivity contribution is 7.92. The number of esters is 1. The Labute approximate surface area is 228 Å².